The summed E-state index contributed by atoms with van der Waals surface area (Å²) in [4.78, 5) is 51.8. The van der Waals surface area contributed by atoms with Crippen molar-refractivity contribution < 1.29 is 23.9 Å². The lowest BCUT2D eigenvalue weighted by molar-refractivity contribution is -0.159. The summed E-state index contributed by atoms with van der Waals surface area (Å²) in [5, 5.41) is 2.85. The topological polar surface area (TPSA) is 92.8 Å². The number of hydrogen-bond acceptors (Lipinski definition) is 5. The van der Waals surface area contributed by atoms with Crippen LogP contribution < -0.4 is 5.32 Å². The molecule has 7 nitrogen and oxygen atoms in total. The van der Waals surface area contributed by atoms with Gasteiger partial charge in [-0.25, -0.2) is 4.79 Å². The van der Waals surface area contributed by atoms with Crippen LogP contribution in [0.15, 0.2) is 18.2 Å². The smallest absolute Gasteiger partial charge is 0.329 e. The van der Waals surface area contributed by atoms with Gasteiger partial charge >= 0.3 is 5.97 Å². The fraction of sp³-hybridized carbons (Fsp3) is 0.583. The molecule has 2 aliphatic carbocycles. The zero-order valence-electron chi connectivity index (χ0n) is 18.3. The van der Waals surface area contributed by atoms with Crippen molar-refractivity contribution in [2.24, 2.45) is 23.7 Å². The van der Waals surface area contributed by atoms with E-state index in [9.17, 15) is 19.2 Å². The molecule has 1 aromatic carbocycles. The molecule has 3 aliphatic rings. The number of amides is 3. The summed E-state index contributed by atoms with van der Waals surface area (Å²) >= 11 is 0. The molecule has 0 unspecified atom stereocenters. The van der Waals surface area contributed by atoms with E-state index in [0.29, 0.717) is 0 Å². The SMILES string of the molecule is CCc1cccc(CC)c1NC(=O)COC(=O)[C@@H](C)N1C(=O)[C@@H]2[C@@H]3CC[C@H](C3)[C@@H]2C1=O. The first-order chi connectivity index (χ1) is 14.9. The summed E-state index contributed by atoms with van der Waals surface area (Å²) in [7, 11) is 0. The lowest BCUT2D eigenvalue weighted by Crippen LogP contribution is -2.45. The number of anilines is 1. The summed E-state index contributed by atoms with van der Waals surface area (Å²) in [5.41, 5.74) is 2.79. The van der Waals surface area contributed by atoms with Gasteiger partial charge in [0.25, 0.3) is 5.91 Å². The minimum absolute atomic E-state index is 0.249. The van der Waals surface area contributed by atoms with Crippen LogP contribution in [0.3, 0.4) is 0 Å². The van der Waals surface area contributed by atoms with E-state index in [0.717, 1.165) is 53.8 Å². The fourth-order valence-corrected chi connectivity index (χ4v) is 5.75. The number of carbonyl (C=O) groups is 4. The van der Waals surface area contributed by atoms with Crippen molar-refractivity contribution >= 4 is 29.4 Å². The van der Waals surface area contributed by atoms with Gasteiger partial charge in [-0.15, -0.1) is 0 Å². The van der Waals surface area contributed by atoms with E-state index in [2.05, 4.69) is 5.32 Å². The van der Waals surface area contributed by atoms with Crippen LogP contribution in [0.2, 0.25) is 0 Å². The summed E-state index contributed by atoms with van der Waals surface area (Å²) in [6.07, 6.45) is 4.44. The number of nitrogens with zero attached hydrogens (tertiary/aromatic N) is 1. The molecule has 5 atom stereocenters. The number of imide groups is 1. The van der Waals surface area contributed by atoms with E-state index < -0.39 is 24.5 Å². The maximum absolute atomic E-state index is 12.9. The Kier molecular flexibility index (Phi) is 5.86. The van der Waals surface area contributed by atoms with E-state index in [-0.39, 0.29) is 35.5 Å². The molecule has 0 radical (unpaired) electrons. The van der Waals surface area contributed by atoms with Gasteiger partial charge in [0.2, 0.25) is 11.8 Å². The lowest BCUT2D eigenvalue weighted by Gasteiger charge is -2.23. The van der Waals surface area contributed by atoms with Gasteiger partial charge in [-0.3, -0.25) is 19.3 Å². The van der Waals surface area contributed by atoms with Crippen LogP contribution >= 0.6 is 0 Å². The van der Waals surface area contributed by atoms with E-state index in [4.69, 9.17) is 4.74 Å². The van der Waals surface area contributed by atoms with Gasteiger partial charge in [0.1, 0.15) is 6.04 Å². The largest absolute Gasteiger partial charge is 0.454 e. The summed E-state index contributed by atoms with van der Waals surface area (Å²) in [6.45, 7) is 5.06. The average molecular weight is 427 g/mol. The molecule has 1 N–H and O–H groups in total. The number of hydrogen-bond donors (Lipinski definition) is 1. The molecule has 31 heavy (non-hydrogen) atoms. The minimum atomic E-state index is -1.02. The number of carbonyl (C=O) groups excluding carboxylic acids is 4. The molecule has 4 rings (SSSR count). The third-order valence-corrected chi connectivity index (χ3v) is 7.30. The molecule has 1 aromatic rings. The molecule has 166 valence electrons. The van der Waals surface area contributed by atoms with Crippen molar-refractivity contribution in [3.8, 4) is 0 Å². The highest BCUT2D eigenvalue weighted by molar-refractivity contribution is 6.08. The molecule has 1 aliphatic heterocycles. The first-order valence-corrected chi connectivity index (χ1v) is 11.3. The molecule has 2 bridgehead atoms. The predicted octanol–water partition coefficient (Wildman–Crippen LogP) is 2.71. The van der Waals surface area contributed by atoms with Crippen molar-refractivity contribution in [3.05, 3.63) is 29.3 Å². The Morgan fingerprint density at radius 2 is 1.61 bits per heavy atom. The number of likely N-dealkylation sites (tertiary alicyclic amines) is 1. The van der Waals surface area contributed by atoms with Crippen LogP contribution in [0.5, 0.6) is 0 Å². The fourth-order valence-electron chi connectivity index (χ4n) is 5.75. The Morgan fingerprint density at radius 3 is 2.13 bits per heavy atom. The van der Waals surface area contributed by atoms with Gasteiger partial charge in [0.05, 0.1) is 11.8 Å². The Balaban J connectivity index is 1.37. The second kappa shape index (κ2) is 8.44. The molecule has 7 heteroatoms. The summed E-state index contributed by atoms with van der Waals surface area (Å²) in [6, 6.07) is 4.85. The lowest BCUT2D eigenvalue weighted by atomic mass is 9.81. The van der Waals surface area contributed by atoms with Crippen LogP contribution in [-0.4, -0.2) is 41.2 Å². The van der Waals surface area contributed by atoms with Crippen LogP contribution in [0, 0.1) is 23.7 Å². The second-order valence-electron chi connectivity index (χ2n) is 8.92. The number of aryl methyl sites for hydroxylation is 2. The molecule has 0 spiro atoms. The molecular formula is C24H30N2O5. The number of nitrogens with one attached hydrogen (secondary N) is 1. The summed E-state index contributed by atoms with van der Waals surface area (Å²) in [5.74, 6) is -1.70. The molecule has 0 aromatic heterocycles. The summed E-state index contributed by atoms with van der Waals surface area (Å²) < 4.78 is 5.19. The van der Waals surface area contributed by atoms with E-state index in [1.54, 1.807) is 0 Å². The van der Waals surface area contributed by atoms with Gasteiger partial charge in [-0.1, -0.05) is 32.0 Å². The molecule has 2 saturated carbocycles. The van der Waals surface area contributed by atoms with Crippen molar-refractivity contribution in [1.29, 1.82) is 0 Å². The molecule has 1 saturated heterocycles. The highest BCUT2D eigenvalue weighted by Crippen LogP contribution is 2.56. The first-order valence-electron chi connectivity index (χ1n) is 11.3. The standard InChI is InChI=1S/C24H30N2O5/c1-4-14-7-6-8-15(5-2)21(14)25-18(27)12-31-24(30)13(3)26-22(28)19-16-9-10-17(11-16)20(19)23(26)29/h6-8,13,16-17,19-20H,4-5,9-12H2,1-3H3,(H,25,27)/t13-,16-,17-,19-,20+/m1/s1. The zero-order valence-corrected chi connectivity index (χ0v) is 18.3. The van der Waals surface area contributed by atoms with Gasteiger partial charge < -0.3 is 10.1 Å². The van der Waals surface area contributed by atoms with Crippen molar-refractivity contribution in [3.63, 3.8) is 0 Å². The minimum Gasteiger partial charge on any atom is -0.454 e. The molecule has 3 fully saturated rings. The number of para-hydroxylation sites is 1. The van der Waals surface area contributed by atoms with Gasteiger partial charge in [0.15, 0.2) is 6.61 Å². The second-order valence-corrected chi connectivity index (χ2v) is 8.92. The highest BCUT2D eigenvalue weighted by Gasteiger charge is 2.62. The number of fused-ring (bicyclic) bond motifs is 5. The third-order valence-electron chi connectivity index (χ3n) is 7.30. The van der Waals surface area contributed by atoms with Crippen LogP contribution in [0.25, 0.3) is 0 Å². The zero-order chi connectivity index (χ0) is 22.3. The maximum Gasteiger partial charge on any atom is 0.329 e. The Hall–Kier alpha value is -2.70. The van der Waals surface area contributed by atoms with Gasteiger partial charge in [0, 0.05) is 5.69 Å². The number of ether oxygens (including phenoxy) is 1. The van der Waals surface area contributed by atoms with E-state index in [1.807, 2.05) is 32.0 Å². The van der Waals surface area contributed by atoms with Crippen molar-refractivity contribution in [2.75, 3.05) is 11.9 Å². The third kappa shape index (κ3) is 3.64. The normalized spacial score (nSPS) is 27.4. The van der Waals surface area contributed by atoms with E-state index in [1.165, 1.54) is 6.92 Å². The number of rotatable bonds is 7. The first kappa shape index (κ1) is 21.5. The molecule has 1 heterocycles. The average Bonchev–Trinajstić information content (AvgIpc) is 3.45. The van der Waals surface area contributed by atoms with Gasteiger partial charge in [-0.2, -0.15) is 0 Å². The molecular weight excluding hydrogens is 396 g/mol. The van der Waals surface area contributed by atoms with Crippen molar-refractivity contribution in [1.82, 2.24) is 4.90 Å². The van der Waals surface area contributed by atoms with Crippen LogP contribution in [-0.2, 0) is 36.8 Å². The Bertz CT molecular complexity index is 876. The monoisotopic (exact) mass is 426 g/mol. The number of esters is 1. The van der Waals surface area contributed by atoms with Crippen LogP contribution in [0.1, 0.15) is 51.2 Å². The highest BCUT2D eigenvalue weighted by atomic mass is 16.5. The van der Waals surface area contributed by atoms with Gasteiger partial charge in [-0.05, 0) is 62.0 Å². The van der Waals surface area contributed by atoms with Crippen LogP contribution in [0.4, 0.5) is 5.69 Å². The van der Waals surface area contributed by atoms with E-state index >= 15 is 0 Å². The Labute approximate surface area is 182 Å². The predicted molar refractivity (Wildman–Crippen MR) is 114 cm³/mol. The Morgan fingerprint density at radius 1 is 1.06 bits per heavy atom. The quantitative estimate of drug-likeness (QED) is 0.535. The number of benzene rings is 1. The van der Waals surface area contributed by atoms with Crippen molar-refractivity contribution in [2.45, 2.75) is 58.9 Å². The molecule has 3 amide bonds. The maximum atomic E-state index is 12.9.